The van der Waals surface area contributed by atoms with Gasteiger partial charge in [0.05, 0.1) is 11.7 Å². The number of alkyl halides is 2. The Morgan fingerprint density at radius 3 is 2.53 bits per heavy atom. The van der Waals surface area contributed by atoms with E-state index in [4.69, 9.17) is 32.7 Å². The van der Waals surface area contributed by atoms with E-state index in [0.29, 0.717) is 5.56 Å². The van der Waals surface area contributed by atoms with Gasteiger partial charge < -0.3 is 9.47 Å². The van der Waals surface area contributed by atoms with Crippen LogP contribution in [0.3, 0.4) is 0 Å². The number of esters is 1. The molecule has 0 N–H and O–H groups in total. The van der Waals surface area contributed by atoms with E-state index in [2.05, 4.69) is 0 Å². The molecular formula is C14H16Cl2O3. The molecule has 0 radical (unpaired) electrons. The highest BCUT2D eigenvalue weighted by molar-refractivity contribution is 6.49. The first kappa shape index (κ1) is 14.6. The van der Waals surface area contributed by atoms with Crippen LogP contribution in [0.15, 0.2) is 30.3 Å². The van der Waals surface area contributed by atoms with Gasteiger partial charge in [0.15, 0.2) is 4.33 Å². The van der Waals surface area contributed by atoms with Gasteiger partial charge in [-0.15, -0.1) is 0 Å². The first-order valence-electron chi connectivity index (χ1n) is 6.26. The number of halogens is 2. The van der Waals surface area contributed by atoms with E-state index >= 15 is 0 Å². The number of rotatable bonds is 3. The fourth-order valence-electron chi connectivity index (χ4n) is 2.13. The third-order valence-corrected chi connectivity index (χ3v) is 4.45. The van der Waals surface area contributed by atoms with E-state index in [1.165, 1.54) is 0 Å². The van der Waals surface area contributed by atoms with E-state index in [1.54, 1.807) is 24.3 Å². The van der Waals surface area contributed by atoms with Crippen molar-refractivity contribution in [1.82, 2.24) is 0 Å². The standard InChI is InChI=1S/C14H16Cl2O3/c1-3-11-9(2)14(15,16)13(18-11)19-12(17)10-7-5-4-6-8-10/h4-9,11,13H,3H2,1-2H3/t9-,11+,13?/m0/s1. The number of carbonyl (C=O) groups excluding carboxylic acids is 1. The van der Waals surface area contributed by atoms with Crippen molar-refractivity contribution < 1.29 is 14.3 Å². The molecule has 1 aromatic carbocycles. The first-order valence-corrected chi connectivity index (χ1v) is 7.01. The zero-order chi connectivity index (χ0) is 14.0. The number of ether oxygens (including phenoxy) is 2. The normalized spacial score (nSPS) is 29.2. The quantitative estimate of drug-likeness (QED) is 0.629. The van der Waals surface area contributed by atoms with Gasteiger partial charge in [0, 0.05) is 5.92 Å². The van der Waals surface area contributed by atoms with Gasteiger partial charge in [-0.2, -0.15) is 0 Å². The second-order valence-electron chi connectivity index (χ2n) is 4.65. The molecule has 0 aliphatic carbocycles. The van der Waals surface area contributed by atoms with Gasteiger partial charge in [-0.1, -0.05) is 55.2 Å². The second-order valence-corrected chi connectivity index (χ2v) is 6.09. The average Bonchev–Trinajstić information content (AvgIpc) is 2.63. The Hall–Kier alpha value is -0.770. The second kappa shape index (κ2) is 5.70. The molecular weight excluding hydrogens is 287 g/mol. The zero-order valence-electron chi connectivity index (χ0n) is 10.8. The Bertz CT molecular complexity index is 447. The summed E-state index contributed by atoms with van der Waals surface area (Å²) in [6.07, 6.45) is -0.283. The lowest BCUT2D eigenvalue weighted by Crippen LogP contribution is -2.35. The van der Waals surface area contributed by atoms with E-state index < -0.39 is 16.6 Å². The maximum atomic E-state index is 12.0. The third-order valence-electron chi connectivity index (χ3n) is 3.40. The number of hydrogen-bond donors (Lipinski definition) is 0. The van der Waals surface area contributed by atoms with Crippen molar-refractivity contribution in [1.29, 1.82) is 0 Å². The molecule has 1 saturated heterocycles. The minimum absolute atomic E-state index is 0.102. The predicted molar refractivity (Wildman–Crippen MR) is 74.4 cm³/mol. The summed E-state index contributed by atoms with van der Waals surface area (Å²) in [5, 5.41) is 0. The van der Waals surface area contributed by atoms with Crippen LogP contribution >= 0.6 is 23.2 Å². The number of carbonyl (C=O) groups is 1. The Balaban J connectivity index is 2.09. The average molecular weight is 303 g/mol. The highest BCUT2D eigenvalue weighted by Crippen LogP contribution is 2.46. The monoisotopic (exact) mass is 302 g/mol. The van der Waals surface area contributed by atoms with Crippen LogP contribution in [0.1, 0.15) is 30.6 Å². The summed E-state index contributed by atoms with van der Waals surface area (Å²) in [5.41, 5.74) is 0.447. The molecule has 5 heteroatoms. The van der Waals surface area contributed by atoms with Crippen molar-refractivity contribution >= 4 is 29.2 Å². The molecule has 1 aromatic rings. The zero-order valence-corrected chi connectivity index (χ0v) is 12.3. The maximum absolute atomic E-state index is 12.0. The first-order chi connectivity index (χ1) is 8.96. The molecule has 0 bridgehead atoms. The van der Waals surface area contributed by atoms with Crippen LogP contribution in [0.2, 0.25) is 0 Å². The Kier molecular flexibility index (Phi) is 4.39. The Morgan fingerprint density at radius 1 is 1.37 bits per heavy atom. The molecule has 0 saturated carbocycles. The molecule has 1 unspecified atom stereocenters. The van der Waals surface area contributed by atoms with Gasteiger partial charge in [0.25, 0.3) is 0 Å². The molecule has 1 fully saturated rings. The molecule has 0 aromatic heterocycles. The highest BCUT2D eigenvalue weighted by atomic mass is 35.5. The lowest BCUT2D eigenvalue weighted by Gasteiger charge is -2.23. The molecule has 3 nitrogen and oxygen atoms in total. The third kappa shape index (κ3) is 2.88. The smallest absolute Gasteiger partial charge is 0.340 e. The van der Waals surface area contributed by atoms with Crippen LogP contribution in [-0.2, 0) is 9.47 Å². The summed E-state index contributed by atoms with van der Waals surface area (Å²) >= 11 is 12.5. The van der Waals surface area contributed by atoms with Gasteiger partial charge in [-0.3, -0.25) is 0 Å². The predicted octanol–water partition coefficient (Wildman–Crippen LogP) is 3.79. The molecule has 1 aliphatic rings. The summed E-state index contributed by atoms with van der Waals surface area (Å²) in [6, 6.07) is 8.69. The van der Waals surface area contributed by atoms with E-state index in [9.17, 15) is 4.79 Å². The lowest BCUT2D eigenvalue weighted by molar-refractivity contribution is -0.106. The number of benzene rings is 1. The molecule has 2 rings (SSSR count). The summed E-state index contributed by atoms with van der Waals surface area (Å²) in [6.45, 7) is 3.87. The summed E-state index contributed by atoms with van der Waals surface area (Å²) < 4.78 is 9.70. The SMILES string of the molecule is CC[C@H]1OC(OC(=O)c2ccccc2)C(Cl)(Cl)[C@H]1C. The lowest BCUT2D eigenvalue weighted by atomic mass is 10.0. The van der Waals surface area contributed by atoms with Crippen molar-refractivity contribution in [2.75, 3.05) is 0 Å². The van der Waals surface area contributed by atoms with Crippen molar-refractivity contribution in [3.63, 3.8) is 0 Å². The van der Waals surface area contributed by atoms with Gasteiger partial charge >= 0.3 is 5.97 Å². The summed E-state index contributed by atoms with van der Waals surface area (Å²) in [4.78, 5) is 12.0. The van der Waals surface area contributed by atoms with Crippen molar-refractivity contribution in [3.8, 4) is 0 Å². The molecule has 1 heterocycles. The molecule has 0 amide bonds. The summed E-state index contributed by atoms with van der Waals surface area (Å²) in [7, 11) is 0. The highest BCUT2D eigenvalue weighted by Gasteiger charge is 2.54. The minimum atomic E-state index is -1.22. The Morgan fingerprint density at radius 2 is 2.00 bits per heavy atom. The van der Waals surface area contributed by atoms with Crippen molar-refractivity contribution in [2.24, 2.45) is 5.92 Å². The molecule has 19 heavy (non-hydrogen) atoms. The summed E-state index contributed by atoms with van der Waals surface area (Å²) in [5.74, 6) is -0.588. The van der Waals surface area contributed by atoms with Crippen LogP contribution in [0, 0.1) is 5.92 Å². The van der Waals surface area contributed by atoms with Gasteiger partial charge in [0.1, 0.15) is 0 Å². The van der Waals surface area contributed by atoms with Crippen LogP contribution in [0.4, 0.5) is 0 Å². The van der Waals surface area contributed by atoms with Crippen LogP contribution in [-0.4, -0.2) is 22.7 Å². The van der Waals surface area contributed by atoms with Gasteiger partial charge in [-0.05, 0) is 18.6 Å². The topological polar surface area (TPSA) is 35.5 Å². The fourth-order valence-corrected chi connectivity index (χ4v) is 2.60. The largest absolute Gasteiger partial charge is 0.429 e. The number of hydrogen-bond acceptors (Lipinski definition) is 3. The van der Waals surface area contributed by atoms with E-state index in [0.717, 1.165) is 6.42 Å². The van der Waals surface area contributed by atoms with E-state index in [-0.39, 0.29) is 12.0 Å². The molecule has 3 atom stereocenters. The van der Waals surface area contributed by atoms with Crippen LogP contribution in [0.25, 0.3) is 0 Å². The molecule has 104 valence electrons. The molecule has 1 aliphatic heterocycles. The van der Waals surface area contributed by atoms with Gasteiger partial charge in [0.2, 0.25) is 6.29 Å². The van der Waals surface area contributed by atoms with Crippen molar-refractivity contribution in [2.45, 2.75) is 37.0 Å². The molecule has 0 spiro atoms. The van der Waals surface area contributed by atoms with Crippen LogP contribution in [0.5, 0.6) is 0 Å². The maximum Gasteiger partial charge on any atom is 0.340 e. The van der Waals surface area contributed by atoms with Crippen molar-refractivity contribution in [3.05, 3.63) is 35.9 Å². The van der Waals surface area contributed by atoms with E-state index in [1.807, 2.05) is 19.9 Å². The fraction of sp³-hybridized carbons (Fsp3) is 0.500. The van der Waals surface area contributed by atoms with Gasteiger partial charge in [-0.25, -0.2) is 4.79 Å². The minimum Gasteiger partial charge on any atom is -0.429 e. The van der Waals surface area contributed by atoms with Crippen LogP contribution < -0.4 is 0 Å². The Labute approximate surface area is 122 Å².